The number of hydrogen-bond donors (Lipinski definition) is 1. The van der Waals surface area contributed by atoms with Crippen molar-refractivity contribution in [2.75, 3.05) is 7.11 Å². The van der Waals surface area contributed by atoms with Crippen LogP contribution in [0.4, 0.5) is 8.78 Å². The van der Waals surface area contributed by atoms with Gasteiger partial charge in [0.1, 0.15) is 11.6 Å². The van der Waals surface area contributed by atoms with Crippen molar-refractivity contribution < 1.29 is 18.3 Å². The highest BCUT2D eigenvalue weighted by Crippen LogP contribution is 2.28. The number of halogens is 2. The van der Waals surface area contributed by atoms with E-state index in [1.165, 1.54) is 44.4 Å². The summed E-state index contributed by atoms with van der Waals surface area (Å²) in [6.45, 7) is 3.20. The lowest BCUT2D eigenvalue weighted by Gasteiger charge is -2.29. The molecule has 1 heterocycles. The van der Waals surface area contributed by atoms with Crippen LogP contribution in [0.2, 0.25) is 0 Å². The van der Waals surface area contributed by atoms with Crippen molar-refractivity contribution in [3.8, 4) is 0 Å². The van der Waals surface area contributed by atoms with Crippen molar-refractivity contribution in [3.05, 3.63) is 65.5 Å². The lowest BCUT2D eigenvalue weighted by Crippen LogP contribution is -2.45. The molecule has 0 aliphatic carbocycles. The lowest BCUT2D eigenvalue weighted by atomic mass is 9.93. The molecule has 0 spiro atoms. The maximum absolute atomic E-state index is 14.0. The van der Waals surface area contributed by atoms with Crippen LogP contribution in [0.1, 0.15) is 31.1 Å². The van der Waals surface area contributed by atoms with Crippen LogP contribution in [0.15, 0.2) is 42.6 Å². The molecule has 122 valence electrons. The SMILES string of the molecule is COC(C)(C(=O)N[C@H](C)c1ccc(F)cn1)c1ccccc1F. The normalized spacial score (nSPS) is 14.8. The summed E-state index contributed by atoms with van der Waals surface area (Å²) in [5.74, 6) is -1.50. The number of amides is 1. The number of carbonyl (C=O) groups is 1. The van der Waals surface area contributed by atoms with E-state index in [0.29, 0.717) is 5.69 Å². The minimum atomic E-state index is -1.49. The highest BCUT2D eigenvalue weighted by atomic mass is 19.1. The van der Waals surface area contributed by atoms with E-state index in [9.17, 15) is 13.6 Å². The van der Waals surface area contributed by atoms with Crippen LogP contribution < -0.4 is 5.32 Å². The first kappa shape index (κ1) is 17.0. The van der Waals surface area contributed by atoms with Gasteiger partial charge in [-0.25, -0.2) is 8.78 Å². The van der Waals surface area contributed by atoms with Crippen molar-refractivity contribution in [2.24, 2.45) is 0 Å². The second-order valence-electron chi connectivity index (χ2n) is 5.31. The molecule has 4 nitrogen and oxygen atoms in total. The van der Waals surface area contributed by atoms with E-state index in [0.717, 1.165) is 6.20 Å². The average Bonchev–Trinajstić information content (AvgIpc) is 2.55. The van der Waals surface area contributed by atoms with E-state index in [4.69, 9.17) is 4.74 Å². The van der Waals surface area contributed by atoms with Crippen LogP contribution in [0.25, 0.3) is 0 Å². The molecule has 23 heavy (non-hydrogen) atoms. The molecule has 2 aromatic rings. The molecule has 1 amide bonds. The highest BCUT2D eigenvalue weighted by molar-refractivity contribution is 5.86. The van der Waals surface area contributed by atoms with Crippen molar-refractivity contribution in [1.29, 1.82) is 0 Å². The molecule has 0 aliphatic heterocycles. The lowest BCUT2D eigenvalue weighted by molar-refractivity contribution is -0.143. The zero-order valence-electron chi connectivity index (χ0n) is 13.1. The van der Waals surface area contributed by atoms with Crippen LogP contribution in [-0.2, 0) is 15.1 Å². The first-order valence-corrected chi connectivity index (χ1v) is 7.11. The van der Waals surface area contributed by atoms with E-state index < -0.39 is 29.2 Å². The smallest absolute Gasteiger partial charge is 0.257 e. The first-order chi connectivity index (χ1) is 10.9. The molecule has 2 rings (SSSR count). The average molecular weight is 320 g/mol. The number of carbonyl (C=O) groups excluding carboxylic acids is 1. The van der Waals surface area contributed by atoms with Crippen LogP contribution in [0.5, 0.6) is 0 Å². The van der Waals surface area contributed by atoms with Crippen molar-refractivity contribution in [2.45, 2.75) is 25.5 Å². The molecular formula is C17H18F2N2O2. The van der Waals surface area contributed by atoms with Crippen molar-refractivity contribution in [1.82, 2.24) is 10.3 Å². The van der Waals surface area contributed by atoms with Gasteiger partial charge in [0.25, 0.3) is 5.91 Å². The summed E-state index contributed by atoms with van der Waals surface area (Å²) in [7, 11) is 1.34. The number of pyridine rings is 1. The molecule has 0 fully saturated rings. The van der Waals surface area contributed by atoms with Gasteiger partial charge in [-0.2, -0.15) is 0 Å². The van der Waals surface area contributed by atoms with Crippen molar-refractivity contribution >= 4 is 5.91 Å². The summed E-state index contributed by atoms with van der Waals surface area (Å²) in [5.41, 5.74) is -0.856. The number of benzene rings is 1. The van der Waals surface area contributed by atoms with Gasteiger partial charge in [-0.1, -0.05) is 18.2 Å². The fourth-order valence-electron chi connectivity index (χ4n) is 2.22. The van der Waals surface area contributed by atoms with Gasteiger partial charge in [0.2, 0.25) is 0 Å². The molecule has 1 unspecified atom stereocenters. The number of rotatable bonds is 5. The monoisotopic (exact) mass is 320 g/mol. The number of nitrogens with zero attached hydrogens (tertiary/aromatic N) is 1. The molecule has 1 aromatic carbocycles. The maximum Gasteiger partial charge on any atom is 0.257 e. The molecule has 0 aliphatic rings. The molecule has 6 heteroatoms. The van der Waals surface area contributed by atoms with Crippen molar-refractivity contribution in [3.63, 3.8) is 0 Å². The van der Waals surface area contributed by atoms with Gasteiger partial charge in [0.05, 0.1) is 17.9 Å². The Labute approximate surface area is 133 Å². The Balaban J connectivity index is 2.23. The summed E-state index contributed by atoms with van der Waals surface area (Å²) < 4.78 is 32.2. The fourth-order valence-corrected chi connectivity index (χ4v) is 2.22. The Bertz CT molecular complexity index is 691. The van der Waals surface area contributed by atoms with Gasteiger partial charge < -0.3 is 10.1 Å². The van der Waals surface area contributed by atoms with E-state index in [1.807, 2.05) is 0 Å². The molecule has 0 bridgehead atoms. The molecule has 0 saturated carbocycles. The Morgan fingerprint density at radius 1 is 1.26 bits per heavy atom. The second-order valence-corrected chi connectivity index (χ2v) is 5.31. The maximum atomic E-state index is 14.0. The van der Waals surface area contributed by atoms with Crippen LogP contribution in [0, 0.1) is 11.6 Å². The third kappa shape index (κ3) is 3.53. The van der Waals surface area contributed by atoms with Crippen LogP contribution >= 0.6 is 0 Å². The number of ether oxygens (including phenoxy) is 1. The second kappa shape index (κ2) is 6.83. The van der Waals surface area contributed by atoms with E-state index in [2.05, 4.69) is 10.3 Å². The molecule has 1 N–H and O–H groups in total. The van der Waals surface area contributed by atoms with E-state index in [-0.39, 0.29) is 5.56 Å². The van der Waals surface area contributed by atoms with E-state index in [1.54, 1.807) is 13.0 Å². The number of methoxy groups -OCH3 is 1. The summed E-state index contributed by atoms with van der Waals surface area (Å²) in [4.78, 5) is 16.5. The topological polar surface area (TPSA) is 51.2 Å². The van der Waals surface area contributed by atoms with Crippen LogP contribution in [-0.4, -0.2) is 18.0 Å². The standard InChI is InChI=1S/C17H18F2N2O2/c1-11(15-9-8-12(18)10-20-15)21-16(22)17(2,23-3)13-6-4-5-7-14(13)19/h4-11H,1-3H3,(H,21,22)/t11-,17?/m1/s1. The minimum Gasteiger partial charge on any atom is -0.364 e. The Morgan fingerprint density at radius 2 is 1.96 bits per heavy atom. The summed E-state index contributed by atoms with van der Waals surface area (Å²) in [6.07, 6.45) is 1.07. The third-order valence-electron chi connectivity index (χ3n) is 3.77. The third-order valence-corrected chi connectivity index (χ3v) is 3.77. The van der Waals surface area contributed by atoms with Gasteiger partial charge in [-0.3, -0.25) is 9.78 Å². The zero-order valence-corrected chi connectivity index (χ0v) is 13.1. The van der Waals surface area contributed by atoms with Gasteiger partial charge >= 0.3 is 0 Å². The van der Waals surface area contributed by atoms with Gasteiger partial charge in [-0.05, 0) is 32.0 Å². The van der Waals surface area contributed by atoms with Crippen LogP contribution in [0.3, 0.4) is 0 Å². The summed E-state index contributed by atoms with van der Waals surface area (Å²) in [5, 5.41) is 2.72. The Morgan fingerprint density at radius 3 is 2.52 bits per heavy atom. The summed E-state index contributed by atoms with van der Waals surface area (Å²) in [6, 6.07) is 8.20. The molecular weight excluding hydrogens is 302 g/mol. The summed E-state index contributed by atoms with van der Waals surface area (Å²) >= 11 is 0. The molecule has 2 atom stereocenters. The largest absolute Gasteiger partial charge is 0.364 e. The highest BCUT2D eigenvalue weighted by Gasteiger charge is 2.38. The Kier molecular flexibility index (Phi) is 5.05. The molecule has 0 radical (unpaired) electrons. The number of hydrogen-bond acceptors (Lipinski definition) is 3. The predicted octanol–water partition coefficient (Wildman–Crippen LogP) is 3.10. The van der Waals surface area contributed by atoms with Gasteiger partial charge in [-0.15, -0.1) is 0 Å². The predicted molar refractivity (Wildman–Crippen MR) is 81.5 cm³/mol. The molecule has 0 saturated heterocycles. The van der Waals surface area contributed by atoms with Gasteiger partial charge in [0, 0.05) is 12.7 Å². The van der Waals surface area contributed by atoms with E-state index >= 15 is 0 Å². The zero-order chi connectivity index (χ0) is 17.0. The molecule has 1 aromatic heterocycles. The quantitative estimate of drug-likeness (QED) is 0.921. The minimum absolute atomic E-state index is 0.138. The van der Waals surface area contributed by atoms with Gasteiger partial charge in [0.15, 0.2) is 5.60 Å². The number of nitrogens with one attached hydrogen (secondary N) is 1. The Hall–Kier alpha value is -2.34. The first-order valence-electron chi connectivity index (χ1n) is 7.11. The fraction of sp³-hybridized carbons (Fsp3) is 0.294. The number of aromatic nitrogens is 1.